The van der Waals surface area contributed by atoms with E-state index in [1.807, 2.05) is 27.6 Å². The first-order valence-corrected chi connectivity index (χ1v) is 6.73. The highest BCUT2D eigenvalue weighted by Crippen LogP contribution is 2.17. The van der Waals surface area contributed by atoms with Crippen LogP contribution in [0.4, 0.5) is 5.82 Å². The van der Waals surface area contributed by atoms with E-state index in [1.165, 1.54) is 0 Å². The molecule has 0 bridgehead atoms. The number of imidazole rings is 2. The molecule has 19 heavy (non-hydrogen) atoms. The van der Waals surface area contributed by atoms with Gasteiger partial charge in [-0.25, -0.2) is 15.0 Å². The van der Waals surface area contributed by atoms with Crippen molar-refractivity contribution in [2.45, 2.75) is 19.5 Å². The van der Waals surface area contributed by atoms with E-state index in [0.717, 1.165) is 22.6 Å². The first kappa shape index (κ1) is 12.2. The second-order valence-electron chi connectivity index (χ2n) is 4.38. The average Bonchev–Trinajstić information content (AvgIpc) is 2.99. The molecule has 0 aromatic carbocycles. The SMILES string of the molecule is CC(Cn1ccnc1)Nc1nc(Br)cn2ccnc12. The fourth-order valence-electron chi connectivity index (χ4n) is 1.99. The molecule has 3 aromatic rings. The van der Waals surface area contributed by atoms with Crippen molar-refractivity contribution in [3.8, 4) is 0 Å². The van der Waals surface area contributed by atoms with Gasteiger partial charge in [-0.05, 0) is 22.9 Å². The minimum atomic E-state index is 0.219. The highest BCUT2D eigenvalue weighted by Gasteiger charge is 2.10. The lowest BCUT2D eigenvalue weighted by molar-refractivity contribution is 0.617. The average molecular weight is 321 g/mol. The Morgan fingerprint density at radius 3 is 3.05 bits per heavy atom. The van der Waals surface area contributed by atoms with Crippen LogP contribution in [0.5, 0.6) is 0 Å². The molecule has 1 atom stereocenters. The van der Waals surface area contributed by atoms with Crippen LogP contribution >= 0.6 is 15.9 Å². The Labute approximate surface area is 118 Å². The molecular weight excluding hydrogens is 308 g/mol. The summed E-state index contributed by atoms with van der Waals surface area (Å²) in [7, 11) is 0. The molecule has 1 unspecified atom stereocenters. The Balaban J connectivity index is 1.82. The zero-order valence-electron chi connectivity index (χ0n) is 10.4. The zero-order valence-corrected chi connectivity index (χ0v) is 11.9. The number of rotatable bonds is 4. The van der Waals surface area contributed by atoms with Crippen molar-refractivity contribution in [1.29, 1.82) is 0 Å². The quantitative estimate of drug-likeness (QED) is 0.800. The number of nitrogens with zero attached hydrogens (tertiary/aromatic N) is 5. The van der Waals surface area contributed by atoms with Crippen LogP contribution in [-0.2, 0) is 6.54 Å². The molecule has 0 aliphatic rings. The molecule has 0 fully saturated rings. The Bertz CT molecular complexity index is 675. The van der Waals surface area contributed by atoms with Crippen LogP contribution in [0.15, 0.2) is 41.9 Å². The number of aromatic nitrogens is 5. The molecule has 3 rings (SSSR count). The number of hydrogen-bond donors (Lipinski definition) is 1. The van der Waals surface area contributed by atoms with E-state index in [-0.39, 0.29) is 6.04 Å². The Hall–Kier alpha value is -1.89. The number of hydrogen-bond acceptors (Lipinski definition) is 4. The topological polar surface area (TPSA) is 60.0 Å². The molecule has 0 saturated heterocycles. The summed E-state index contributed by atoms with van der Waals surface area (Å²) >= 11 is 3.40. The van der Waals surface area contributed by atoms with Gasteiger partial charge in [0.2, 0.25) is 0 Å². The number of nitrogens with one attached hydrogen (secondary N) is 1. The third-order valence-corrected chi connectivity index (χ3v) is 3.15. The lowest BCUT2D eigenvalue weighted by Gasteiger charge is -2.15. The number of fused-ring (bicyclic) bond motifs is 1. The molecule has 0 spiro atoms. The molecule has 98 valence electrons. The van der Waals surface area contributed by atoms with Crippen molar-refractivity contribution in [3.05, 3.63) is 41.9 Å². The number of anilines is 1. The smallest absolute Gasteiger partial charge is 0.180 e. The van der Waals surface area contributed by atoms with Gasteiger partial charge in [-0.3, -0.25) is 0 Å². The second-order valence-corrected chi connectivity index (χ2v) is 5.19. The van der Waals surface area contributed by atoms with Gasteiger partial charge >= 0.3 is 0 Å². The van der Waals surface area contributed by atoms with E-state index in [4.69, 9.17) is 0 Å². The van der Waals surface area contributed by atoms with Gasteiger partial charge in [-0.2, -0.15) is 0 Å². The molecular formula is C12H13BrN6. The van der Waals surface area contributed by atoms with Crippen LogP contribution < -0.4 is 5.32 Å². The fourth-order valence-corrected chi connectivity index (χ4v) is 2.39. The summed E-state index contributed by atoms with van der Waals surface area (Å²) in [4.78, 5) is 12.8. The van der Waals surface area contributed by atoms with Crippen LogP contribution in [-0.4, -0.2) is 30.0 Å². The normalized spacial score (nSPS) is 12.7. The van der Waals surface area contributed by atoms with Crippen molar-refractivity contribution in [2.75, 3.05) is 5.32 Å². The molecule has 3 aromatic heterocycles. The van der Waals surface area contributed by atoms with Crippen LogP contribution in [0, 0.1) is 0 Å². The van der Waals surface area contributed by atoms with E-state index in [1.54, 1.807) is 18.7 Å². The molecule has 3 heterocycles. The van der Waals surface area contributed by atoms with Crippen molar-refractivity contribution in [3.63, 3.8) is 0 Å². The van der Waals surface area contributed by atoms with Gasteiger partial charge in [0.05, 0.1) is 6.33 Å². The summed E-state index contributed by atoms with van der Waals surface area (Å²) in [6.45, 7) is 2.92. The maximum absolute atomic E-state index is 4.44. The van der Waals surface area contributed by atoms with Crippen LogP contribution in [0.25, 0.3) is 5.65 Å². The molecule has 1 N–H and O–H groups in total. The van der Waals surface area contributed by atoms with Crippen molar-refractivity contribution < 1.29 is 0 Å². The summed E-state index contributed by atoms with van der Waals surface area (Å²) in [6.07, 6.45) is 11.1. The third-order valence-electron chi connectivity index (χ3n) is 2.77. The van der Waals surface area contributed by atoms with Crippen LogP contribution in [0.2, 0.25) is 0 Å². The monoisotopic (exact) mass is 320 g/mol. The molecule has 6 nitrogen and oxygen atoms in total. The van der Waals surface area contributed by atoms with E-state index < -0.39 is 0 Å². The number of halogens is 1. The molecule has 7 heteroatoms. The molecule has 0 radical (unpaired) electrons. The second kappa shape index (κ2) is 5.00. The highest BCUT2D eigenvalue weighted by molar-refractivity contribution is 9.10. The summed E-state index contributed by atoms with van der Waals surface area (Å²) in [5.74, 6) is 0.770. The lowest BCUT2D eigenvalue weighted by Crippen LogP contribution is -2.22. The summed E-state index contributed by atoms with van der Waals surface area (Å²) in [6, 6.07) is 0.219. The minimum Gasteiger partial charge on any atom is -0.363 e. The van der Waals surface area contributed by atoms with Gasteiger partial charge in [0, 0.05) is 43.6 Å². The molecule has 0 amide bonds. The summed E-state index contributed by atoms with van der Waals surface area (Å²) in [5, 5.41) is 3.38. The Kier molecular flexibility index (Phi) is 3.20. The van der Waals surface area contributed by atoms with E-state index in [2.05, 4.69) is 43.1 Å². The van der Waals surface area contributed by atoms with Crippen molar-refractivity contribution >= 4 is 27.4 Å². The van der Waals surface area contributed by atoms with E-state index in [0.29, 0.717) is 0 Å². The summed E-state index contributed by atoms with van der Waals surface area (Å²) < 4.78 is 4.73. The molecule has 0 saturated carbocycles. The van der Waals surface area contributed by atoms with E-state index in [9.17, 15) is 0 Å². The zero-order chi connectivity index (χ0) is 13.2. The Morgan fingerprint density at radius 2 is 2.26 bits per heavy atom. The largest absolute Gasteiger partial charge is 0.363 e. The predicted octanol–water partition coefficient (Wildman–Crippen LogP) is 2.19. The Morgan fingerprint density at radius 1 is 1.37 bits per heavy atom. The first-order chi connectivity index (χ1) is 9.22. The predicted molar refractivity (Wildman–Crippen MR) is 76.0 cm³/mol. The van der Waals surface area contributed by atoms with Gasteiger partial charge in [-0.15, -0.1) is 0 Å². The maximum atomic E-state index is 4.44. The van der Waals surface area contributed by atoms with Gasteiger partial charge in [0.1, 0.15) is 4.60 Å². The van der Waals surface area contributed by atoms with Gasteiger partial charge < -0.3 is 14.3 Å². The van der Waals surface area contributed by atoms with E-state index >= 15 is 0 Å². The highest BCUT2D eigenvalue weighted by atomic mass is 79.9. The summed E-state index contributed by atoms with van der Waals surface area (Å²) in [5.41, 5.74) is 0.820. The van der Waals surface area contributed by atoms with Crippen molar-refractivity contribution in [1.82, 2.24) is 23.9 Å². The third kappa shape index (κ3) is 2.60. The first-order valence-electron chi connectivity index (χ1n) is 5.94. The molecule has 0 aliphatic carbocycles. The van der Waals surface area contributed by atoms with Crippen LogP contribution in [0.3, 0.4) is 0 Å². The molecule has 0 aliphatic heterocycles. The standard InChI is InChI=1S/C12H13BrN6/c1-9(6-18-4-2-14-8-18)16-11-12-15-3-5-19(12)7-10(13)17-11/h2-5,7-9H,6H2,1H3,(H,16,17). The minimum absolute atomic E-state index is 0.219. The van der Waals surface area contributed by atoms with Gasteiger partial charge in [0.15, 0.2) is 11.5 Å². The maximum Gasteiger partial charge on any atom is 0.180 e. The van der Waals surface area contributed by atoms with Gasteiger partial charge in [-0.1, -0.05) is 0 Å². The lowest BCUT2D eigenvalue weighted by atomic mass is 10.3. The van der Waals surface area contributed by atoms with Crippen LogP contribution in [0.1, 0.15) is 6.92 Å². The fraction of sp³-hybridized carbons (Fsp3) is 0.250. The van der Waals surface area contributed by atoms with Gasteiger partial charge in [0.25, 0.3) is 0 Å². The van der Waals surface area contributed by atoms with Crippen molar-refractivity contribution in [2.24, 2.45) is 0 Å².